The molecule has 0 aliphatic carbocycles. The van der Waals surface area contributed by atoms with Crippen molar-refractivity contribution in [3.8, 4) is 5.75 Å². The number of nitrogens with two attached hydrogens (primary N) is 1. The van der Waals surface area contributed by atoms with Crippen molar-refractivity contribution in [3.63, 3.8) is 0 Å². The van der Waals surface area contributed by atoms with Crippen LogP contribution in [0.5, 0.6) is 5.75 Å². The number of para-hydroxylation sites is 1. The fourth-order valence-corrected chi connectivity index (χ4v) is 2.84. The molecule has 2 rings (SSSR count). The van der Waals surface area contributed by atoms with E-state index in [0.29, 0.717) is 17.0 Å². The van der Waals surface area contributed by atoms with Crippen LogP contribution in [0, 0.1) is 0 Å². The van der Waals surface area contributed by atoms with Gasteiger partial charge in [-0.05, 0) is 30.5 Å². The number of hydrogen-bond acceptors (Lipinski definition) is 4. The van der Waals surface area contributed by atoms with E-state index >= 15 is 0 Å². The maximum absolute atomic E-state index is 12.2. The van der Waals surface area contributed by atoms with E-state index in [-0.39, 0.29) is 11.9 Å². The molecule has 1 aromatic carbocycles. The van der Waals surface area contributed by atoms with Crippen LogP contribution in [-0.4, -0.2) is 19.1 Å². The summed E-state index contributed by atoms with van der Waals surface area (Å²) in [6.45, 7) is 1.98. The lowest BCUT2D eigenvalue weighted by atomic mass is 10.1. The van der Waals surface area contributed by atoms with Gasteiger partial charge >= 0.3 is 0 Å². The third-order valence-electron chi connectivity index (χ3n) is 3.00. The molecule has 1 amide bonds. The molecule has 1 heterocycles. The molecule has 0 radical (unpaired) electrons. The Morgan fingerprint density at radius 1 is 1.40 bits per heavy atom. The summed E-state index contributed by atoms with van der Waals surface area (Å²) >= 11 is 1.69. The molecular weight excluding hydrogens is 272 g/mol. The molecule has 0 bridgehead atoms. The minimum atomic E-state index is -0.176. The number of amides is 1. The fourth-order valence-electron chi connectivity index (χ4n) is 2.00. The van der Waals surface area contributed by atoms with Crippen LogP contribution in [-0.2, 0) is 6.42 Å². The van der Waals surface area contributed by atoms with Crippen molar-refractivity contribution < 1.29 is 9.53 Å². The Morgan fingerprint density at radius 2 is 2.20 bits per heavy atom. The Balaban J connectivity index is 2.04. The molecule has 1 unspecified atom stereocenters. The van der Waals surface area contributed by atoms with Gasteiger partial charge in [0.2, 0.25) is 0 Å². The van der Waals surface area contributed by atoms with E-state index in [4.69, 9.17) is 10.5 Å². The molecule has 5 heteroatoms. The van der Waals surface area contributed by atoms with Crippen molar-refractivity contribution in [2.45, 2.75) is 19.4 Å². The van der Waals surface area contributed by atoms with E-state index in [0.717, 1.165) is 6.42 Å². The summed E-state index contributed by atoms with van der Waals surface area (Å²) in [6.07, 6.45) is 0.813. The Hall–Kier alpha value is -2.01. The van der Waals surface area contributed by atoms with Crippen LogP contribution in [0.15, 0.2) is 35.7 Å². The van der Waals surface area contributed by atoms with Crippen molar-refractivity contribution in [1.29, 1.82) is 0 Å². The van der Waals surface area contributed by atoms with E-state index in [9.17, 15) is 4.79 Å². The monoisotopic (exact) mass is 290 g/mol. The molecule has 3 N–H and O–H groups in total. The summed E-state index contributed by atoms with van der Waals surface area (Å²) in [5.41, 5.74) is 6.74. The summed E-state index contributed by atoms with van der Waals surface area (Å²) < 4.78 is 5.12. The molecule has 0 saturated carbocycles. The lowest BCUT2D eigenvalue weighted by Crippen LogP contribution is -2.34. The number of rotatable bonds is 5. The average molecular weight is 290 g/mol. The third kappa shape index (κ3) is 3.30. The molecule has 0 fully saturated rings. The van der Waals surface area contributed by atoms with Gasteiger partial charge in [0, 0.05) is 17.3 Å². The van der Waals surface area contributed by atoms with Gasteiger partial charge in [-0.25, -0.2) is 0 Å². The number of thiophene rings is 1. The number of hydrogen-bond donors (Lipinski definition) is 2. The second kappa shape index (κ2) is 6.43. The predicted octanol–water partition coefficient (Wildman–Crippen LogP) is 2.70. The van der Waals surface area contributed by atoms with E-state index in [2.05, 4.69) is 11.4 Å². The predicted molar refractivity (Wildman–Crippen MR) is 82.4 cm³/mol. The van der Waals surface area contributed by atoms with Crippen molar-refractivity contribution in [2.75, 3.05) is 12.8 Å². The van der Waals surface area contributed by atoms with E-state index in [1.807, 2.05) is 18.4 Å². The summed E-state index contributed by atoms with van der Waals surface area (Å²) in [5, 5.41) is 4.99. The van der Waals surface area contributed by atoms with Gasteiger partial charge in [-0.2, -0.15) is 0 Å². The number of ether oxygens (including phenoxy) is 1. The topological polar surface area (TPSA) is 64.3 Å². The van der Waals surface area contributed by atoms with Crippen LogP contribution >= 0.6 is 11.3 Å². The van der Waals surface area contributed by atoms with Crippen molar-refractivity contribution in [3.05, 3.63) is 46.2 Å². The van der Waals surface area contributed by atoms with Crippen molar-refractivity contribution in [1.82, 2.24) is 5.32 Å². The Bertz CT molecular complexity index is 582. The zero-order chi connectivity index (χ0) is 14.5. The number of carbonyl (C=O) groups excluding carboxylic acids is 1. The number of carbonyl (C=O) groups is 1. The number of benzene rings is 1. The average Bonchev–Trinajstić information content (AvgIpc) is 2.91. The SMILES string of the molecule is COc1cccc(C(=O)NC(C)Cc2cccs2)c1N. The highest BCUT2D eigenvalue weighted by molar-refractivity contribution is 7.09. The fraction of sp³-hybridized carbons (Fsp3) is 0.267. The molecule has 20 heavy (non-hydrogen) atoms. The van der Waals surface area contributed by atoms with E-state index < -0.39 is 0 Å². The van der Waals surface area contributed by atoms with E-state index in [1.54, 1.807) is 29.5 Å². The maximum atomic E-state index is 12.2. The van der Waals surface area contributed by atoms with Gasteiger partial charge in [0.25, 0.3) is 5.91 Å². The standard InChI is InChI=1S/C15H18N2O2S/c1-10(9-11-5-4-8-20-11)17-15(18)12-6-3-7-13(19-2)14(12)16/h3-8,10H,9,16H2,1-2H3,(H,17,18). The highest BCUT2D eigenvalue weighted by Gasteiger charge is 2.15. The van der Waals surface area contributed by atoms with Gasteiger partial charge in [0.1, 0.15) is 5.75 Å². The lowest BCUT2D eigenvalue weighted by Gasteiger charge is -2.15. The van der Waals surface area contributed by atoms with Crippen molar-refractivity contribution >= 4 is 22.9 Å². The first-order chi connectivity index (χ1) is 9.61. The first-order valence-electron chi connectivity index (χ1n) is 6.37. The van der Waals surface area contributed by atoms with E-state index in [1.165, 1.54) is 12.0 Å². The summed E-state index contributed by atoms with van der Waals surface area (Å²) in [4.78, 5) is 13.5. The molecule has 0 spiro atoms. The molecule has 1 atom stereocenters. The zero-order valence-electron chi connectivity index (χ0n) is 11.6. The molecule has 0 aliphatic heterocycles. The Labute approximate surface area is 122 Å². The third-order valence-corrected chi connectivity index (χ3v) is 3.89. The normalized spacial score (nSPS) is 11.9. The van der Waals surface area contributed by atoms with Gasteiger partial charge in [-0.1, -0.05) is 12.1 Å². The van der Waals surface area contributed by atoms with Crippen molar-refractivity contribution in [2.24, 2.45) is 0 Å². The van der Waals surface area contributed by atoms with Crippen LogP contribution in [0.25, 0.3) is 0 Å². The molecular formula is C15H18N2O2S. The van der Waals surface area contributed by atoms with Gasteiger partial charge in [-0.15, -0.1) is 11.3 Å². The highest BCUT2D eigenvalue weighted by Crippen LogP contribution is 2.24. The molecule has 1 aromatic heterocycles. The first kappa shape index (κ1) is 14.4. The van der Waals surface area contributed by atoms with Crippen LogP contribution in [0.4, 0.5) is 5.69 Å². The maximum Gasteiger partial charge on any atom is 0.253 e. The molecule has 4 nitrogen and oxygen atoms in total. The second-order valence-electron chi connectivity index (χ2n) is 4.58. The summed E-state index contributed by atoms with van der Waals surface area (Å²) in [5.74, 6) is 0.342. The highest BCUT2D eigenvalue weighted by atomic mass is 32.1. The summed E-state index contributed by atoms with van der Waals surface area (Å²) in [6, 6.07) is 9.31. The number of anilines is 1. The minimum Gasteiger partial charge on any atom is -0.495 e. The number of methoxy groups -OCH3 is 1. The second-order valence-corrected chi connectivity index (χ2v) is 5.61. The quantitative estimate of drug-likeness (QED) is 0.832. The van der Waals surface area contributed by atoms with Gasteiger partial charge in [-0.3, -0.25) is 4.79 Å². The molecule has 2 aromatic rings. The van der Waals surface area contributed by atoms with Crippen LogP contribution in [0.3, 0.4) is 0 Å². The van der Waals surface area contributed by atoms with Gasteiger partial charge < -0.3 is 15.8 Å². The van der Waals surface area contributed by atoms with Crippen LogP contribution < -0.4 is 15.8 Å². The molecule has 0 aliphatic rings. The first-order valence-corrected chi connectivity index (χ1v) is 7.25. The molecule has 106 valence electrons. The van der Waals surface area contributed by atoms with Crippen LogP contribution in [0.2, 0.25) is 0 Å². The Kier molecular flexibility index (Phi) is 4.63. The Morgan fingerprint density at radius 3 is 2.85 bits per heavy atom. The number of nitrogens with one attached hydrogen (secondary N) is 1. The largest absolute Gasteiger partial charge is 0.495 e. The minimum absolute atomic E-state index is 0.0479. The van der Waals surface area contributed by atoms with Gasteiger partial charge in [0.15, 0.2) is 0 Å². The zero-order valence-corrected chi connectivity index (χ0v) is 12.4. The van der Waals surface area contributed by atoms with Gasteiger partial charge in [0.05, 0.1) is 18.4 Å². The lowest BCUT2D eigenvalue weighted by molar-refractivity contribution is 0.0941. The smallest absolute Gasteiger partial charge is 0.253 e. The summed E-state index contributed by atoms with van der Waals surface area (Å²) in [7, 11) is 1.53. The van der Waals surface area contributed by atoms with Crippen LogP contribution in [0.1, 0.15) is 22.2 Å². The molecule has 0 saturated heterocycles. The number of nitrogen functional groups attached to an aromatic ring is 1.